The molecule has 1 atom stereocenters. The zero-order chi connectivity index (χ0) is 20.4. The molecule has 2 aromatic rings. The minimum Gasteiger partial charge on any atom is -0.497 e. The zero-order valence-corrected chi connectivity index (χ0v) is 17.5. The van der Waals surface area contributed by atoms with E-state index in [0.717, 1.165) is 17.7 Å². The Bertz CT molecular complexity index is 950. The number of rotatable bonds is 6. The number of nitrogens with zero attached hydrogens (tertiary/aromatic N) is 1. The Morgan fingerprint density at radius 1 is 1.10 bits per heavy atom. The Labute approximate surface area is 178 Å². The molecule has 0 saturated carbocycles. The Morgan fingerprint density at radius 2 is 1.83 bits per heavy atom. The molecule has 2 amide bonds. The van der Waals surface area contributed by atoms with E-state index >= 15 is 0 Å². The van der Waals surface area contributed by atoms with E-state index in [0.29, 0.717) is 33.4 Å². The van der Waals surface area contributed by atoms with Gasteiger partial charge in [-0.1, -0.05) is 35.5 Å². The molecule has 29 heavy (non-hydrogen) atoms. The average Bonchev–Trinajstić information content (AvgIpc) is 3.33. The fraction of sp³-hybridized carbons (Fsp3) is 0.273. The fourth-order valence-corrected chi connectivity index (χ4v) is 4.58. The monoisotopic (exact) mass is 429 g/mol. The third-order valence-electron chi connectivity index (χ3n) is 4.95. The first kappa shape index (κ1) is 20.0. The van der Waals surface area contributed by atoms with Crippen molar-refractivity contribution in [3.8, 4) is 5.75 Å². The Morgan fingerprint density at radius 3 is 2.45 bits per heavy atom. The lowest BCUT2D eigenvalue weighted by atomic mass is 10.1. The van der Waals surface area contributed by atoms with E-state index in [4.69, 9.17) is 21.1 Å². The molecule has 2 aliphatic heterocycles. The van der Waals surface area contributed by atoms with E-state index < -0.39 is 0 Å². The van der Waals surface area contributed by atoms with Crippen LogP contribution < -0.4 is 4.74 Å². The molecule has 150 valence electrons. The van der Waals surface area contributed by atoms with Crippen molar-refractivity contribution in [2.75, 3.05) is 20.3 Å². The van der Waals surface area contributed by atoms with E-state index in [1.54, 1.807) is 43.5 Å². The van der Waals surface area contributed by atoms with Gasteiger partial charge in [0.15, 0.2) is 0 Å². The first-order valence-corrected chi connectivity index (χ1v) is 10.6. The van der Waals surface area contributed by atoms with Crippen LogP contribution >= 0.6 is 23.4 Å². The van der Waals surface area contributed by atoms with Gasteiger partial charge in [0.1, 0.15) is 5.75 Å². The SMILES string of the molecule is COc1ccc(C2=C(Sc3ccc(Cl)cc3)C(=O)N(CC3CCCO3)C2=O)cc1. The summed E-state index contributed by atoms with van der Waals surface area (Å²) in [6.45, 7) is 0.952. The maximum atomic E-state index is 13.2. The van der Waals surface area contributed by atoms with Crippen molar-refractivity contribution in [3.05, 3.63) is 64.0 Å². The number of carbonyl (C=O) groups is 2. The molecule has 4 rings (SSSR count). The third-order valence-corrected chi connectivity index (χ3v) is 6.29. The second kappa shape index (κ2) is 8.61. The van der Waals surface area contributed by atoms with E-state index in [1.807, 2.05) is 12.1 Å². The molecule has 1 fully saturated rings. The molecule has 1 unspecified atom stereocenters. The molecule has 2 aliphatic rings. The van der Waals surface area contributed by atoms with E-state index in [1.165, 1.54) is 16.7 Å². The molecule has 0 N–H and O–H groups in total. The summed E-state index contributed by atoms with van der Waals surface area (Å²) in [6, 6.07) is 14.4. The van der Waals surface area contributed by atoms with Crippen molar-refractivity contribution in [2.45, 2.75) is 23.8 Å². The van der Waals surface area contributed by atoms with Crippen LogP contribution in [-0.4, -0.2) is 43.1 Å². The number of thioether (sulfide) groups is 1. The predicted octanol–water partition coefficient (Wildman–Crippen LogP) is 4.40. The number of hydrogen-bond donors (Lipinski definition) is 0. The van der Waals surface area contributed by atoms with Crippen LogP contribution in [0.25, 0.3) is 5.57 Å². The lowest BCUT2D eigenvalue weighted by molar-refractivity contribution is -0.138. The smallest absolute Gasteiger partial charge is 0.268 e. The zero-order valence-electron chi connectivity index (χ0n) is 15.9. The number of benzene rings is 2. The van der Waals surface area contributed by atoms with Gasteiger partial charge in [-0.15, -0.1) is 0 Å². The standard InChI is InChI=1S/C22H20ClNO4S/c1-27-16-8-4-14(5-9-16)19-20(29-18-10-6-15(23)7-11-18)22(26)24(21(19)25)13-17-3-2-12-28-17/h4-11,17H,2-3,12-13H2,1H3. The van der Waals surface area contributed by atoms with Crippen LogP contribution in [0.3, 0.4) is 0 Å². The molecule has 2 heterocycles. The molecule has 0 spiro atoms. The number of imide groups is 1. The van der Waals surface area contributed by atoms with Gasteiger partial charge in [-0.25, -0.2) is 0 Å². The summed E-state index contributed by atoms with van der Waals surface area (Å²) in [6.07, 6.45) is 1.71. The molecule has 0 bridgehead atoms. The fourth-order valence-electron chi connectivity index (χ4n) is 3.44. The summed E-state index contributed by atoms with van der Waals surface area (Å²) in [5, 5.41) is 0.618. The lowest BCUT2D eigenvalue weighted by Gasteiger charge is -2.19. The topological polar surface area (TPSA) is 55.8 Å². The quantitative estimate of drug-likeness (QED) is 0.637. The first-order chi connectivity index (χ1) is 14.1. The van der Waals surface area contributed by atoms with Crippen molar-refractivity contribution < 1.29 is 19.1 Å². The van der Waals surface area contributed by atoms with Crippen molar-refractivity contribution in [1.29, 1.82) is 0 Å². The van der Waals surface area contributed by atoms with E-state index in [9.17, 15) is 9.59 Å². The summed E-state index contributed by atoms with van der Waals surface area (Å²) in [5.74, 6) is 0.123. The number of carbonyl (C=O) groups excluding carboxylic acids is 2. The van der Waals surface area contributed by atoms with Crippen LogP contribution in [-0.2, 0) is 14.3 Å². The van der Waals surface area contributed by atoms with Gasteiger partial charge in [0.25, 0.3) is 11.8 Å². The molecule has 0 radical (unpaired) electrons. The van der Waals surface area contributed by atoms with Crippen LogP contribution in [0.5, 0.6) is 5.75 Å². The normalized spacial score (nSPS) is 19.4. The summed E-state index contributed by atoms with van der Waals surface area (Å²) >= 11 is 7.26. The number of ether oxygens (including phenoxy) is 2. The van der Waals surface area contributed by atoms with Gasteiger partial charge >= 0.3 is 0 Å². The van der Waals surface area contributed by atoms with Crippen molar-refractivity contribution in [3.63, 3.8) is 0 Å². The van der Waals surface area contributed by atoms with Crippen LogP contribution in [0.15, 0.2) is 58.3 Å². The molecule has 1 saturated heterocycles. The van der Waals surface area contributed by atoms with Crippen LogP contribution in [0.4, 0.5) is 0 Å². The van der Waals surface area contributed by atoms with Gasteiger partial charge in [0, 0.05) is 16.5 Å². The number of methoxy groups -OCH3 is 1. The first-order valence-electron chi connectivity index (χ1n) is 9.36. The molecule has 0 aromatic heterocycles. The average molecular weight is 430 g/mol. The van der Waals surface area contributed by atoms with Gasteiger partial charge in [-0.3, -0.25) is 14.5 Å². The largest absolute Gasteiger partial charge is 0.497 e. The molecule has 0 aliphatic carbocycles. The van der Waals surface area contributed by atoms with E-state index in [-0.39, 0.29) is 24.5 Å². The van der Waals surface area contributed by atoms with Gasteiger partial charge in [0.2, 0.25) is 0 Å². The molecular formula is C22H20ClNO4S. The highest BCUT2D eigenvalue weighted by atomic mass is 35.5. The highest BCUT2D eigenvalue weighted by Crippen LogP contribution is 2.40. The van der Waals surface area contributed by atoms with Gasteiger partial charge in [0.05, 0.1) is 30.2 Å². The molecular weight excluding hydrogens is 410 g/mol. The highest BCUT2D eigenvalue weighted by molar-refractivity contribution is 8.04. The predicted molar refractivity (Wildman–Crippen MR) is 113 cm³/mol. The Balaban J connectivity index is 1.69. The molecule has 2 aromatic carbocycles. The Hall–Kier alpha value is -2.28. The minimum atomic E-state index is -0.285. The van der Waals surface area contributed by atoms with Gasteiger partial charge in [-0.2, -0.15) is 0 Å². The van der Waals surface area contributed by atoms with Gasteiger partial charge < -0.3 is 9.47 Å². The molecule has 5 nitrogen and oxygen atoms in total. The van der Waals surface area contributed by atoms with Crippen LogP contribution in [0, 0.1) is 0 Å². The van der Waals surface area contributed by atoms with Gasteiger partial charge in [-0.05, 0) is 54.8 Å². The highest BCUT2D eigenvalue weighted by Gasteiger charge is 2.40. The molecule has 7 heteroatoms. The maximum Gasteiger partial charge on any atom is 0.268 e. The summed E-state index contributed by atoms with van der Waals surface area (Å²) in [4.78, 5) is 29.0. The lowest BCUT2D eigenvalue weighted by Crippen LogP contribution is -2.37. The van der Waals surface area contributed by atoms with Crippen LogP contribution in [0.2, 0.25) is 5.02 Å². The Kier molecular flexibility index (Phi) is 5.94. The van der Waals surface area contributed by atoms with Crippen molar-refractivity contribution in [2.24, 2.45) is 0 Å². The van der Waals surface area contributed by atoms with Crippen molar-refractivity contribution >= 4 is 40.8 Å². The number of halogens is 1. The second-order valence-electron chi connectivity index (χ2n) is 6.84. The second-order valence-corrected chi connectivity index (χ2v) is 8.36. The van der Waals surface area contributed by atoms with Crippen LogP contribution in [0.1, 0.15) is 18.4 Å². The maximum absolute atomic E-state index is 13.2. The third kappa shape index (κ3) is 4.20. The summed E-state index contributed by atoms with van der Waals surface area (Å²) in [7, 11) is 1.59. The summed E-state index contributed by atoms with van der Waals surface area (Å²) < 4.78 is 10.9. The number of hydrogen-bond acceptors (Lipinski definition) is 5. The van der Waals surface area contributed by atoms with Crippen molar-refractivity contribution in [1.82, 2.24) is 4.90 Å². The summed E-state index contributed by atoms with van der Waals surface area (Å²) in [5.41, 5.74) is 1.10. The van der Waals surface area contributed by atoms with E-state index in [2.05, 4.69) is 0 Å². The number of amides is 2. The minimum absolute atomic E-state index is 0.0973.